The van der Waals surface area contributed by atoms with E-state index in [1.165, 1.54) is 0 Å². The van der Waals surface area contributed by atoms with Crippen molar-refractivity contribution in [3.05, 3.63) is 42.0 Å². The Morgan fingerprint density at radius 1 is 1.50 bits per heavy atom. The molecule has 0 radical (unpaired) electrons. The summed E-state index contributed by atoms with van der Waals surface area (Å²) < 4.78 is 1.83. The van der Waals surface area contributed by atoms with E-state index in [9.17, 15) is 4.79 Å². The zero-order valence-corrected chi connectivity index (χ0v) is 10.9. The van der Waals surface area contributed by atoms with Gasteiger partial charge in [0, 0.05) is 30.5 Å². The van der Waals surface area contributed by atoms with E-state index < -0.39 is 0 Å². The molecule has 0 bridgehead atoms. The van der Waals surface area contributed by atoms with Crippen molar-refractivity contribution >= 4 is 18.5 Å². The van der Waals surface area contributed by atoms with Crippen molar-refractivity contribution < 1.29 is 4.79 Å². The molecule has 0 aliphatic rings. The lowest BCUT2D eigenvalue weighted by atomic mass is 10.2. The van der Waals surface area contributed by atoms with E-state index in [4.69, 9.17) is 0 Å². The lowest BCUT2D eigenvalue weighted by Gasteiger charge is -2.05. The third kappa shape index (κ3) is 3.10. The highest BCUT2D eigenvalue weighted by atomic mass is 32.1. The highest BCUT2D eigenvalue weighted by Gasteiger charge is 2.06. The second-order valence-electron chi connectivity index (χ2n) is 3.91. The van der Waals surface area contributed by atoms with Gasteiger partial charge in [-0.2, -0.15) is 0 Å². The van der Waals surface area contributed by atoms with Crippen LogP contribution >= 0.6 is 12.6 Å². The zero-order valence-electron chi connectivity index (χ0n) is 10.00. The quantitative estimate of drug-likeness (QED) is 0.811. The molecule has 0 fully saturated rings. The van der Waals surface area contributed by atoms with Gasteiger partial charge < -0.3 is 9.88 Å². The largest absolute Gasteiger partial charge is 0.352 e. The van der Waals surface area contributed by atoms with Gasteiger partial charge in [-0.1, -0.05) is 6.07 Å². The Balaban J connectivity index is 1.87. The monoisotopic (exact) mass is 262 g/mol. The number of aromatic nitrogens is 3. The van der Waals surface area contributed by atoms with Crippen LogP contribution in [0.1, 0.15) is 16.2 Å². The molecule has 0 aliphatic heterocycles. The third-order valence-electron chi connectivity index (χ3n) is 2.55. The topological polar surface area (TPSA) is 59.8 Å². The highest BCUT2D eigenvalue weighted by Crippen LogP contribution is 2.08. The molecular formula is C12H14N4OS. The third-order valence-corrected chi connectivity index (χ3v) is 2.83. The molecule has 1 aromatic carbocycles. The minimum atomic E-state index is -0.104. The molecule has 0 unspecified atom stereocenters. The zero-order chi connectivity index (χ0) is 13.0. The van der Waals surface area contributed by atoms with Crippen molar-refractivity contribution in [1.29, 1.82) is 0 Å². The van der Waals surface area contributed by atoms with Crippen molar-refractivity contribution in [3.63, 3.8) is 0 Å². The summed E-state index contributed by atoms with van der Waals surface area (Å²) in [6, 6.07) is 7.14. The Labute approximate surface area is 111 Å². The van der Waals surface area contributed by atoms with Gasteiger partial charge in [-0.15, -0.1) is 22.8 Å². The van der Waals surface area contributed by atoms with E-state index in [0.29, 0.717) is 18.5 Å². The molecule has 5 nitrogen and oxygen atoms in total. The van der Waals surface area contributed by atoms with E-state index in [1.54, 1.807) is 24.5 Å². The van der Waals surface area contributed by atoms with Gasteiger partial charge in [0.05, 0.1) is 0 Å². The van der Waals surface area contributed by atoms with Crippen molar-refractivity contribution in [2.75, 3.05) is 6.54 Å². The van der Waals surface area contributed by atoms with Crippen LogP contribution in [-0.2, 0) is 13.5 Å². The van der Waals surface area contributed by atoms with Crippen LogP contribution in [0.25, 0.3) is 0 Å². The minimum absolute atomic E-state index is 0.104. The first kappa shape index (κ1) is 12.6. The predicted molar refractivity (Wildman–Crippen MR) is 70.7 cm³/mol. The first-order valence-corrected chi connectivity index (χ1v) is 6.01. The number of thiol groups is 1. The number of nitrogens with one attached hydrogen (secondary N) is 1. The molecule has 2 rings (SSSR count). The average molecular weight is 262 g/mol. The minimum Gasteiger partial charge on any atom is -0.352 e. The van der Waals surface area contributed by atoms with Crippen LogP contribution in [0.3, 0.4) is 0 Å². The van der Waals surface area contributed by atoms with Crippen LogP contribution in [0.2, 0.25) is 0 Å². The normalized spacial score (nSPS) is 10.3. The van der Waals surface area contributed by atoms with Gasteiger partial charge in [0.15, 0.2) is 0 Å². The molecule has 18 heavy (non-hydrogen) atoms. The molecule has 0 spiro atoms. The maximum absolute atomic E-state index is 11.8. The Hall–Kier alpha value is -1.82. The van der Waals surface area contributed by atoms with Crippen molar-refractivity contribution in [3.8, 4) is 0 Å². The lowest BCUT2D eigenvalue weighted by Crippen LogP contribution is -2.26. The molecule has 1 heterocycles. The van der Waals surface area contributed by atoms with E-state index in [0.717, 1.165) is 10.7 Å². The van der Waals surface area contributed by atoms with Gasteiger partial charge in [-0.05, 0) is 18.2 Å². The molecule has 1 aromatic heterocycles. The average Bonchev–Trinajstić information content (AvgIpc) is 2.75. The molecule has 0 aliphatic carbocycles. The maximum Gasteiger partial charge on any atom is 0.251 e. The Bertz CT molecular complexity index is 553. The van der Waals surface area contributed by atoms with Crippen LogP contribution in [0.4, 0.5) is 0 Å². The van der Waals surface area contributed by atoms with E-state index in [-0.39, 0.29) is 5.91 Å². The smallest absolute Gasteiger partial charge is 0.251 e. The molecule has 1 amide bonds. The fourth-order valence-electron chi connectivity index (χ4n) is 1.57. The number of amides is 1. The number of nitrogens with zero attached hydrogens (tertiary/aromatic N) is 3. The van der Waals surface area contributed by atoms with Crippen molar-refractivity contribution in [2.24, 2.45) is 7.05 Å². The van der Waals surface area contributed by atoms with Crippen LogP contribution in [0.5, 0.6) is 0 Å². The molecule has 1 N–H and O–H groups in total. The number of hydrogen-bond donors (Lipinski definition) is 2. The molecule has 0 saturated carbocycles. The van der Waals surface area contributed by atoms with Crippen LogP contribution < -0.4 is 5.32 Å². The maximum atomic E-state index is 11.8. The summed E-state index contributed by atoms with van der Waals surface area (Å²) in [5.41, 5.74) is 0.612. The number of aryl methyl sites for hydroxylation is 1. The van der Waals surface area contributed by atoms with Crippen molar-refractivity contribution in [1.82, 2.24) is 20.1 Å². The Morgan fingerprint density at radius 3 is 3.00 bits per heavy atom. The number of hydrogen-bond acceptors (Lipinski definition) is 4. The fraction of sp³-hybridized carbons (Fsp3) is 0.250. The number of benzene rings is 1. The second kappa shape index (κ2) is 5.68. The summed E-state index contributed by atoms with van der Waals surface area (Å²) >= 11 is 4.20. The molecule has 6 heteroatoms. The number of carbonyl (C=O) groups excluding carboxylic acids is 1. The lowest BCUT2D eigenvalue weighted by molar-refractivity contribution is 0.0953. The highest BCUT2D eigenvalue weighted by molar-refractivity contribution is 7.80. The summed E-state index contributed by atoms with van der Waals surface area (Å²) in [5.74, 6) is 0.742. The van der Waals surface area contributed by atoms with Crippen LogP contribution in [0.15, 0.2) is 35.5 Å². The van der Waals surface area contributed by atoms with E-state index >= 15 is 0 Å². The first-order chi connectivity index (χ1) is 8.66. The molecular weight excluding hydrogens is 248 g/mol. The van der Waals surface area contributed by atoms with Crippen LogP contribution in [-0.4, -0.2) is 27.2 Å². The predicted octanol–water partition coefficient (Wildman–Crippen LogP) is 1.08. The molecule has 94 valence electrons. The van der Waals surface area contributed by atoms with Gasteiger partial charge in [0.1, 0.15) is 12.2 Å². The number of carbonyl (C=O) groups is 1. The number of rotatable bonds is 4. The van der Waals surface area contributed by atoms with Gasteiger partial charge in [0.2, 0.25) is 0 Å². The summed E-state index contributed by atoms with van der Waals surface area (Å²) in [7, 11) is 1.88. The first-order valence-electron chi connectivity index (χ1n) is 5.57. The van der Waals surface area contributed by atoms with E-state index in [2.05, 4.69) is 28.1 Å². The van der Waals surface area contributed by atoms with Gasteiger partial charge in [-0.25, -0.2) is 0 Å². The Kier molecular flexibility index (Phi) is 3.99. The van der Waals surface area contributed by atoms with Gasteiger partial charge in [0.25, 0.3) is 5.91 Å². The second-order valence-corrected chi connectivity index (χ2v) is 4.43. The summed E-state index contributed by atoms with van der Waals surface area (Å²) in [4.78, 5) is 12.6. The summed E-state index contributed by atoms with van der Waals surface area (Å²) in [6.45, 7) is 0.530. The molecule has 0 saturated heterocycles. The summed E-state index contributed by atoms with van der Waals surface area (Å²) in [6.07, 6.45) is 2.30. The van der Waals surface area contributed by atoms with E-state index in [1.807, 2.05) is 17.7 Å². The standard InChI is InChI=1S/C12H14N4OS/c1-16-8-14-15-11(16)5-6-13-12(17)9-3-2-4-10(18)7-9/h2-4,7-8,18H,5-6H2,1H3,(H,13,17). The van der Waals surface area contributed by atoms with Gasteiger partial charge in [-0.3, -0.25) is 4.79 Å². The SMILES string of the molecule is Cn1cnnc1CCNC(=O)c1cccc(S)c1. The van der Waals surface area contributed by atoms with Gasteiger partial charge >= 0.3 is 0 Å². The van der Waals surface area contributed by atoms with Crippen molar-refractivity contribution in [2.45, 2.75) is 11.3 Å². The van der Waals surface area contributed by atoms with Crippen LogP contribution in [0, 0.1) is 0 Å². The molecule has 2 aromatic rings. The Morgan fingerprint density at radius 2 is 2.33 bits per heavy atom. The summed E-state index contributed by atoms with van der Waals surface area (Å²) in [5, 5.41) is 10.6. The molecule has 0 atom stereocenters. The fourth-order valence-corrected chi connectivity index (χ4v) is 1.80.